The molecule has 0 spiro atoms. The predicted octanol–water partition coefficient (Wildman–Crippen LogP) is 3.00. The summed E-state index contributed by atoms with van der Waals surface area (Å²) in [6, 6.07) is 5.91. The summed E-state index contributed by atoms with van der Waals surface area (Å²) in [4.78, 5) is 5.39. The minimum Gasteiger partial charge on any atom is -0.494 e. The van der Waals surface area contributed by atoms with E-state index in [0.717, 1.165) is 10.6 Å². The summed E-state index contributed by atoms with van der Waals surface area (Å²) in [5, 5.41) is 11.0. The summed E-state index contributed by atoms with van der Waals surface area (Å²) in [7, 11) is 1.54. The van der Waals surface area contributed by atoms with E-state index >= 15 is 0 Å². The summed E-state index contributed by atoms with van der Waals surface area (Å²) < 4.78 is 5.06. The Hall–Kier alpha value is -1.86. The van der Waals surface area contributed by atoms with Gasteiger partial charge in [0.2, 0.25) is 0 Å². The number of thiophene rings is 1. The molecular weight excluding hydrogens is 220 g/mol. The molecule has 16 heavy (non-hydrogen) atoms. The Labute approximate surface area is 97.9 Å². The number of rotatable bonds is 2. The van der Waals surface area contributed by atoms with Crippen LogP contribution in [0.1, 0.15) is 11.1 Å². The lowest BCUT2D eigenvalue weighted by Gasteiger charge is -2.04. The van der Waals surface area contributed by atoms with E-state index in [1.807, 2.05) is 18.4 Å². The molecule has 0 bridgehead atoms. The molecule has 0 saturated carbocycles. The van der Waals surface area contributed by atoms with Gasteiger partial charge in [-0.2, -0.15) is 5.26 Å². The van der Waals surface area contributed by atoms with Crippen LogP contribution in [-0.4, -0.2) is 12.1 Å². The number of nitriles is 1. The second-order valence-corrected chi connectivity index (χ2v) is 4.23. The summed E-state index contributed by atoms with van der Waals surface area (Å²) in [6.07, 6.45) is 1.59. The minimum atomic E-state index is 0.514. The highest BCUT2D eigenvalue weighted by molar-refractivity contribution is 7.13. The minimum absolute atomic E-state index is 0.514. The van der Waals surface area contributed by atoms with Crippen LogP contribution >= 0.6 is 11.3 Å². The number of aromatic nitrogens is 1. The van der Waals surface area contributed by atoms with Gasteiger partial charge in [0.25, 0.3) is 0 Å². The summed E-state index contributed by atoms with van der Waals surface area (Å²) >= 11 is 1.62. The van der Waals surface area contributed by atoms with E-state index in [4.69, 9.17) is 10.00 Å². The van der Waals surface area contributed by atoms with E-state index in [0.29, 0.717) is 11.3 Å². The zero-order chi connectivity index (χ0) is 11.5. The van der Waals surface area contributed by atoms with Crippen molar-refractivity contribution in [2.24, 2.45) is 0 Å². The van der Waals surface area contributed by atoms with Crippen molar-refractivity contribution in [3.63, 3.8) is 0 Å². The highest BCUT2D eigenvalue weighted by Gasteiger charge is 2.09. The lowest BCUT2D eigenvalue weighted by Crippen LogP contribution is -1.91. The molecule has 0 aliphatic heterocycles. The zero-order valence-electron chi connectivity index (χ0n) is 9.02. The largest absolute Gasteiger partial charge is 0.494 e. The first kappa shape index (κ1) is 10.7. The van der Waals surface area contributed by atoms with Gasteiger partial charge >= 0.3 is 0 Å². The Morgan fingerprint density at radius 2 is 2.31 bits per heavy atom. The SMILES string of the molecule is COc1cnc(-c2sccc2C)cc1C#N. The van der Waals surface area contributed by atoms with Crippen molar-refractivity contribution < 1.29 is 4.74 Å². The Morgan fingerprint density at radius 1 is 1.50 bits per heavy atom. The number of nitrogens with zero attached hydrogens (tertiary/aromatic N) is 2. The van der Waals surface area contributed by atoms with Gasteiger partial charge in [-0.25, -0.2) is 0 Å². The second kappa shape index (κ2) is 4.33. The van der Waals surface area contributed by atoms with E-state index in [1.54, 1.807) is 23.6 Å². The molecule has 0 aliphatic rings. The molecule has 0 unspecified atom stereocenters. The molecule has 2 aromatic rings. The highest BCUT2D eigenvalue weighted by atomic mass is 32.1. The topological polar surface area (TPSA) is 45.9 Å². The molecule has 0 amide bonds. The lowest BCUT2D eigenvalue weighted by molar-refractivity contribution is 0.411. The summed E-state index contributed by atoms with van der Waals surface area (Å²) in [5.74, 6) is 0.514. The standard InChI is InChI=1S/C12H10N2OS/c1-8-3-4-16-12(8)10-5-9(6-13)11(15-2)7-14-10/h3-5,7H,1-2H3. The fourth-order valence-corrected chi connectivity index (χ4v) is 2.35. The van der Waals surface area contributed by atoms with Gasteiger partial charge in [-0.3, -0.25) is 4.98 Å². The maximum absolute atomic E-state index is 8.99. The van der Waals surface area contributed by atoms with Crippen molar-refractivity contribution in [2.75, 3.05) is 7.11 Å². The average molecular weight is 230 g/mol. The van der Waals surface area contributed by atoms with Crippen molar-refractivity contribution in [1.29, 1.82) is 5.26 Å². The molecule has 80 valence electrons. The molecule has 2 heterocycles. The number of hydrogen-bond donors (Lipinski definition) is 0. The number of ether oxygens (including phenoxy) is 1. The fraction of sp³-hybridized carbons (Fsp3) is 0.167. The Balaban J connectivity index is 2.53. The molecule has 0 N–H and O–H groups in total. The number of pyridine rings is 1. The van der Waals surface area contributed by atoms with Crippen LogP contribution in [0.15, 0.2) is 23.7 Å². The van der Waals surface area contributed by atoms with Gasteiger partial charge in [-0.05, 0) is 30.0 Å². The first-order valence-corrected chi connectivity index (χ1v) is 5.63. The molecule has 0 aromatic carbocycles. The third-order valence-corrected chi connectivity index (χ3v) is 3.34. The van der Waals surface area contributed by atoms with Crippen LogP contribution in [0.2, 0.25) is 0 Å². The first-order valence-electron chi connectivity index (χ1n) is 4.75. The quantitative estimate of drug-likeness (QED) is 0.796. The van der Waals surface area contributed by atoms with Gasteiger partial charge in [0.05, 0.1) is 29.4 Å². The molecule has 0 atom stereocenters. The molecule has 0 fully saturated rings. The normalized spacial score (nSPS) is 9.81. The molecule has 4 heteroatoms. The first-order chi connectivity index (χ1) is 7.76. The lowest BCUT2D eigenvalue weighted by atomic mass is 10.1. The second-order valence-electron chi connectivity index (χ2n) is 3.31. The van der Waals surface area contributed by atoms with Crippen molar-refractivity contribution in [1.82, 2.24) is 4.98 Å². The van der Waals surface area contributed by atoms with Gasteiger partial charge in [0.15, 0.2) is 5.75 Å². The number of aryl methyl sites for hydroxylation is 1. The van der Waals surface area contributed by atoms with Crippen LogP contribution in [0, 0.1) is 18.3 Å². The van der Waals surface area contributed by atoms with Crippen LogP contribution in [0.25, 0.3) is 10.6 Å². The van der Waals surface area contributed by atoms with Gasteiger partial charge in [0, 0.05) is 0 Å². The number of hydrogen-bond acceptors (Lipinski definition) is 4. The molecule has 0 aliphatic carbocycles. The van der Waals surface area contributed by atoms with Crippen LogP contribution < -0.4 is 4.74 Å². The van der Waals surface area contributed by atoms with E-state index in [1.165, 1.54) is 12.7 Å². The molecule has 0 radical (unpaired) electrons. The molecule has 0 saturated heterocycles. The number of methoxy groups -OCH3 is 1. The Kier molecular flexibility index (Phi) is 2.88. The summed E-state index contributed by atoms with van der Waals surface area (Å²) in [5.41, 5.74) is 2.51. The Morgan fingerprint density at radius 3 is 2.88 bits per heavy atom. The van der Waals surface area contributed by atoms with Crippen molar-refractivity contribution >= 4 is 11.3 Å². The molecular formula is C12H10N2OS. The molecule has 2 rings (SSSR count). The van der Waals surface area contributed by atoms with Crippen molar-refractivity contribution in [2.45, 2.75) is 6.92 Å². The van der Waals surface area contributed by atoms with Gasteiger partial charge < -0.3 is 4.74 Å². The van der Waals surface area contributed by atoms with Crippen LogP contribution in [-0.2, 0) is 0 Å². The summed E-state index contributed by atoms with van der Waals surface area (Å²) in [6.45, 7) is 2.03. The van der Waals surface area contributed by atoms with Crippen molar-refractivity contribution in [3.8, 4) is 22.4 Å². The highest BCUT2D eigenvalue weighted by Crippen LogP contribution is 2.29. The average Bonchev–Trinajstić information content (AvgIpc) is 2.74. The van der Waals surface area contributed by atoms with Crippen LogP contribution in [0.3, 0.4) is 0 Å². The third-order valence-electron chi connectivity index (χ3n) is 2.30. The van der Waals surface area contributed by atoms with Gasteiger partial charge in [-0.1, -0.05) is 0 Å². The fourth-order valence-electron chi connectivity index (χ4n) is 1.45. The van der Waals surface area contributed by atoms with E-state index in [9.17, 15) is 0 Å². The maximum Gasteiger partial charge on any atom is 0.154 e. The van der Waals surface area contributed by atoms with Gasteiger partial charge in [-0.15, -0.1) is 11.3 Å². The molecule has 3 nitrogen and oxygen atoms in total. The van der Waals surface area contributed by atoms with Crippen LogP contribution in [0.5, 0.6) is 5.75 Å². The Bertz CT molecular complexity index is 554. The van der Waals surface area contributed by atoms with Crippen molar-refractivity contribution in [3.05, 3.63) is 34.8 Å². The monoisotopic (exact) mass is 230 g/mol. The van der Waals surface area contributed by atoms with Gasteiger partial charge in [0.1, 0.15) is 6.07 Å². The van der Waals surface area contributed by atoms with E-state index < -0.39 is 0 Å². The zero-order valence-corrected chi connectivity index (χ0v) is 9.84. The smallest absolute Gasteiger partial charge is 0.154 e. The third kappa shape index (κ3) is 1.77. The van der Waals surface area contributed by atoms with E-state index in [2.05, 4.69) is 11.1 Å². The maximum atomic E-state index is 8.99. The predicted molar refractivity (Wildman–Crippen MR) is 63.6 cm³/mol. The van der Waals surface area contributed by atoms with E-state index in [-0.39, 0.29) is 0 Å². The van der Waals surface area contributed by atoms with Crippen LogP contribution in [0.4, 0.5) is 0 Å². The molecule has 2 aromatic heterocycles.